The van der Waals surface area contributed by atoms with Crippen molar-refractivity contribution in [3.8, 4) is 0 Å². The predicted molar refractivity (Wildman–Crippen MR) is 95.3 cm³/mol. The van der Waals surface area contributed by atoms with Gasteiger partial charge in [0.15, 0.2) is 5.78 Å². The SMILES string of the molecule is C=C1C(=C)[C@@]2(C)C(=CC1=O)CC(C)[C@@H]1[C@H]2CC[C@]2(C)C(=O)CC[C@@H]12. The van der Waals surface area contributed by atoms with Gasteiger partial charge in [-0.1, -0.05) is 39.5 Å². The van der Waals surface area contributed by atoms with Crippen molar-refractivity contribution < 1.29 is 9.59 Å². The Balaban J connectivity index is 1.82. The van der Waals surface area contributed by atoms with E-state index in [2.05, 4.69) is 33.9 Å². The van der Waals surface area contributed by atoms with Gasteiger partial charge in [-0.25, -0.2) is 0 Å². The van der Waals surface area contributed by atoms with E-state index in [4.69, 9.17) is 0 Å². The molecule has 0 amide bonds. The van der Waals surface area contributed by atoms with Crippen LogP contribution in [0.2, 0.25) is 0 Å². The third-order valence-corrected chi connectivity index (χ3v) is 8.24. The zero-order valence-corrected chi connectivity index (χ0v) is 15.2. The van der Waals surface area contributed by atoms with Crippen molar-refractivity contribution in [1.29, 1.82) is 0 Å². The van der Waals surface area contributed by atoms with Crippen molar-refractivity contribution in [2.24, 2.45) is 34.5 Å². The normalized spacial score (nSPS) is 47.9. The highest BCUT2D eigenvalue weighted by Crippen LogP contribution is 2.66. The lowest BCUT2D eigenvalue weighted by Crippen LogP contribution is -2.54. The smallest absolute Gasteiger partial charge is 0.185 e. The van der Waals surface area contributed by atoms with Gasteiger partial charge in [0.05, 0.1) is 0 Å². The van der Waals surface area contributed by atoms with E-state index in [0.717, 1.165) is 37.7 Å². The molecule has 1 unspecified atom stereocenters. The number of rotatable bonds is 0. The maximum atomic E-state index is 12.5. The molecule has 0 aromatic carbocycles. The highest BCUT2D eigenvalue weighted by Gasteiger charge is 2.61. The quantitative estimate of drug-likeness (QED) is 0.607. The van der Waals surface area contributed by atoms with Gasteiger partial charge in [-0.3, -0.25) is 9.59 Å². The lowest BCUT2D eigenvalue weighted by atomic mass is 9.44. The molecule has 3 fully saturated rings. The molecule has 6 atom stereocenters. The average Bonchev–Trinajstić information content (AvgIpc) is 2.84. The van der Waals surface area contributed by atoms with Gasteiger partial charge in [0.2, 0.25) is 0 Å². The van der Waals surface area contributed by atoms with Crippen LogP contribution in [0.4, 0.5) is 0 Å². The Bertz CT molecular complexity index is 711. The first-order valence-electron chi connectivity index (χ1n) is 9.38. The van der Waals surface area contributed by atoms with Crippen LogP contribution >= 0.6 is 0 Å². The van der Waals surface area contributed by atoms with Gasteiger partial charge >= 0.3 is 0 Å². The van der Waals surface area contributed by atoms with Crippen molar-refractivity contribution >= 4 is 11.6 Å². The van der Waals surface area contributed by atoms with Gasteiger partial charge in [0.25, 0.3) is 0 Å². The van der Waals surface area contributed by atoms with Gasteiger partial charge in [-0.15, -0.1) is 0 Å². The second-order valence-corrected chi connectivity index (χ2v) is 9.08. The number of hydrogen-bond donors (Lipinski definition) is 0. The maximum Gasteiger partial charge on any atom is 0.185 e. The van der Waals surface area contributed by atoms with Crippen molar-refractivity contribution in [2.45, 2.75) is 52.9 Å². The van der Waals surface area contributed by atoms with Crippen LogP contribution in [0.5, 0.6) is 0 Å². The Morgan fingerprint density at radius 3 is 2.54 bits per heavy atom. The highest BCUT2D eigenvalue weighted by molar-refractivity contribution is 6.09. The summed E-state index contributed by atoms with van der Waals surface area (Å²) >= 11 is 0. The number of carbonyl (C=O) groups is 2. The maximum absolute atomic E-state index is 12.5. The second-order valence-electron chi connectivity index (χ2n) is 9.08. The molecule has 4 aliphatic carbocycles. The summed E-state index contributed by atoms with van der Waals surface area (Å²) in [5.41, 5.74) is 2.52. The summed E-state index contributed by atoms with van der Waals surface area (Å²) in [5, 5.41) is 0. The minimum atomic E-state index is -0.144. The third-order valence-electron chi connectivity index (χ3n) is 8.24. The number of hydrogen-bond acceptors (Lipinski definition) is 2. The molecule has 0 bridgehead atoms. The number of allylic oxidation sites excluding steroid dienone is 3. The third kappa shape index (κ3) is 1.72. The summed E-state index contributed by atoms with van der Waals surface area (Å²) in [7, 11) is 0. The largest absolute Gasteiger partial charge is 0.299 e. The number of ketones is 2. The fraction of sp³-hybridized carbons (Fsp3) is 0.636. The molecule has 0 N–H and O–H groups in total. The lowest BCUT2D eigenvalue weighted by Gasteiger charge is -2.59. The van der Waals surface area contributed by atoms with Gasteiger partial charge < -0.3 is 0 Å². The first-order valence-corrected chi connectivity index (χ1v) is 9.38. The lowest BCUT2D eigenvalue weighted by molar-refractivity contribution is -0.133. The minimum absolute atomic E-state index is 0.0369. The monoisotopic (exact) mass is 324 g/mol. The summed E-state index contributed by atoms with van der Waals surface area (Å²) in [6.45, 7) is 15.1. The van der Waals surface area contributed by atoms with E-state index in [1.165, 1.54) is 5.57 Å². The molecule has 0 radical (unpaired) electrons. The fourth-order valence-electron chi connectivity index (χ4n) is 6.70. The molecule has 2 heteroatoms. The molecule has 0 heterocycles. The number of Topliss-reactive ketones (excluding diaryl/α,β-unsaturated/α-hetero) is 1. The van der Waals surface area contributed by atoms with Crippen LogP contribution in [-0.2, 0) is 9.59 Å². The first-order chi connectivity index (χ1) is 11.2. The van der Waals surface area contributed by atoms with Crippen LogP contribution in [0.25, 0.3) is 0 Å². The van der Waals surface area contributed by atoms with E-state index in [9.17, 15) is 9.59 Å². The van der Waals surface area contributed by atoms with Crippen LogP contribution in [0.15, 0.2) is 36.0 Å². The molecule has 4 aliphatic rings. The Hall–Kier alpha value is -1.44. The average molecular weight is 324 g/mol. The van der Waals surface area contributed by atoms with Crippen LogP contribution in [0.1, 0.15) is 52.9 Å². The van der Waals surface area contributed by atoms with Crippen LogP contribution in [0.3, 0.4) is 0 Å². The van der Waals surface area contributed by atoms with E-state index in [1.807, 2.05) is 6.08 Å². The van der Waals surface area contributed by atoms with E-state index >= 15 is 0 Å². The molecule has 24 heavy (non-hydrogen) atoms. The molecular formula is C22H28O2. The molecule has 0 aromatic rings. The van der Waals surface area contributed by atoms with E-state index in [0.29, 0.717) is 35.0 Å². The van der Waals surface area contributed by atoms with Crippen LogP contribution < -0.4 is 0 Å². The number of fused-ring (bicyclic) bond motifs is 5. The molecule has 0 aliphatic heterocycles. The van der Waals surface area contributed by atoms with Crippen molar-refractivity contribution in [2.75, 3.05) is 0 Å². The van der Waals surface area contributed by atoms with Gasteiger partial charge in [-0.05, 0) is 61.0 Å². The van der Waals surface area contributed by atoms with E-state index < -0.39 is 0 Å². The summed E-state index contributed by atoms with van der Waals surface area (Å²) < 4.78 is 0. The standard InChI is InChI=1S/C22H28O2/c1-12-10-15-11-18(23)13(2)14(3)22(15,5)17-8-9-21(4)16(20(12)17)6-7-19(21)24/h11-12,16-17,20H,2-3,6-10H2,1,4-5H3/t12?,16-,17+,20-,21-,22-/m0/s1. The van der Waals surface area contributed by atoms with E-state index in [-0.39, 0.29) is 16.6 Å². The second kappa shape index (κ2) is 4.80. The summed E-state index contributed by atoms with van der Waals surface area (Å²) in [5.74, 6) is 2.57. The molecule has 0 spiro atoms. The molecule has 2 nitrogen and oxygen atoms in total. The molecule has 4 rings (SSSR count). The van der Waals surface area contributed by atoms with E-state index in [1.54, 1.807) is 0 Å². The Labute approximate surface area is 145 Å². The first kappa shape index (κ1) is 16.1. The summed E-state index contributed by atoms with van der Waals surface area (Å²) in [6, 6.07) is 0. The Morgan fingerprint density at radius 1 is 1.12 bits per heavy atom. The van der Waals surface area contributed by atoms with Crippen LogP contribution in [-0.4, -0.2) is 11.6 Å². The minimum Gasteiger partial charge on any atom is -0.299 e. The Kier molecular flexibility index (Phi) is 3.21. The summed E-state index contributed by atoms with van der Waals surface area (Å²) in [6.07, 6.45) is 6.64. The number of carbonyl (C=O) groups excluding carboxylic acids is 2. The zero-order chi connectivity index (χ0) is 17.4. The topological polar surface area (TPSA) is 34.1 Å². The zero-order valence-electron chi connectivity index (χ0n) is 15.2. The Morgan fingerprint density at radius 2 is 1.83 bits per heavy atom. The molecule has 0 aromatic heterocycles. The summed E-state index contributed by atoms with van der Waals surface area (Å²) in [4.78, 5) is 24.8. The van der Waals surface area contributed by atoms with Crippen molar-refractivity contribution in [3.05, 3.63) is 36.0 Å². The highest BCUT2D eigenvalue weighted by atomic mass is 16.1. The van der Waals surface area contributed by atoms with Gasteiger partial charge in [0, 0.05) is 22.8 Å². The van der Waals surface area contributed by atoms with Crippen LogP contribution in [0, 0.1) is 34.5 Å². The fourth-order valence-corrected chi connectivity index (χ4v) is 6.70. The van der Waals surface area contributed by atoms with Gasteiger partial charge in [-0.2, -0.15) is 0 Å². The van der Waals surface area contributed by atoms with Gasteiger partial charge in [0.1, 0.15) is 5.78 Å². The molecule has 3 saturated carbocycles. The molecule has 128 valence electrons. The molecular weight excluding hydrogens is 296 g/mol. The van der Waals surface area contributed by atoms with Crippen molar-refractivity contribution in [3.63, 3.8) is 0 Å². The molecule has 0 saturated heterocycles. The predicted octanol–water partition coefficient (Wildman–Crippen LogP) is 4.67. The van der Waals surface area contributed by atoms with Crippen molar-refractivity contribution in [1.82, 2.24) is 0 Å².